The van der Waals surface area contributed by atoms with Crippen LogP contribution in [0.15, 0.2) is 30.3 Å². The zero-order valence-corrected chi connectivity index (χ0v) is 11.6. The van der Waals surface area contributed by atoms with Crippen LogP contribution in [0.5, 0.6) is 0 Å². The minimum absolute atomic E-state index is 0.783. The molecule has 0 aliphatic heterocycles. The molecule has 3 rings (SSSR count). The van der Waals surface area contributed by atoms with Crippen LogP contribution in [0.4, 0.5) is 0 Å². The molecule has 18 heavy (non-hydrogen) atoms. The Hall–Kier alpha value is -0.820. The molecule has 0 heterocycles. The fraction of sp³-hybridized carbons (Fsp3) is 0.647. The van der Waals surface area contributed by atoms with E-state index in [-0.39, 0.29) is 0 Å². The van der Waals surface area contributed by atoms with Crippen molar-refractivity contribution in [3.05, 3.63) is 35.9 Å². The van der Waals surface area contributed by atoms with Gasteiger partial charge in [-0.15, -0.1) is 0 Å². The highest BCUT2D eigenvalue weighted by molar-refractivity contribution is 5.27. The van der Waals surface area contributed by atoms with Gasteiger partial charge in [0.2, 0.25) is 0 Å². The van der Waals surface area contributed by atoms with Crippen molar-refractivity contribution in [3.8, 4) is 0 Å². The molecule has 2 saturated carbocycles. The molecule has 1 N–H and O–H groups in total. The molecule has 1 aromatic carbocycles. The lowest BCUT2D eigenvalue weighted by Gasteiger charge is -2.19. The second-order valence-electron chi connectivity index (χ2n) is 6.27. The van der Waals surface area contributed by atoms with Crippen molar-refractivity contribution in [1.29, 1.82) is 0 Å². The zero-order valence-electron chi connectivity index (χ0n) is 11.6. The summed E-state index contributed by atoms with van der Waals surface area (Å²) in [7, 11) is 0. The van der Waals surface area contributed by atoms with E-state index in [2.05, 4.69) is 49.5 Å². The Balaban J connectivity index is 1.63. The van der Waals surface area contributed by atoms with Crippen LogP contribution in [0.2, 0.25) is 0 Å². The largest absolute Gasteiger partial charge is 0.313 e. The predicted molar refractivity (Wildman–Crippen MR) is 76.6 cm³/mol. The van der Waals surface area contributed by atoms with Gasteiger partial charge in [0, 0.05) is 6.04 Å². The highest BCUT2D eigenvalue weighted by atomic mass is 15.0. The highest BCUT2D eigenvalue weighted by Gasteiger charge is 2.51. The van der Waals surface area contributed by atoms with Gasteiger partial charge in [-0.25, -0.2) is 0 Å². The van der Waals surface area contributed by atoms with Crippen LogP contribution >= 0.6 is 0 Å². The molecule has 0 bridgehead atoms. The molecule has 2 aliphatic rings. The lowest BCUT2D eigenvalue weighted by molar-refractivity contribution is 0.398. The molecule has 5 unspecified atom stereocenters. The summed E-state index contributed by atoms with van der Waals surface area (Å²) in [5, 5.41) is 3.82. The van der Waals surface area contributed by atoms with Crippen molar-refractivity contribution in [2.75, 3.05) is 6.54 Å². The van der Waals surface area contributed by atoms with Crippen molar-refractivity contribution < 1.29 is 0 Å². The summed E-state index contributed by atoms with van der Waals surface area (Å²) >= 11 is 0. The number of benzene rings is 1. The molecule has 5 atom stereocenters. The summed E-state index contributed by atoms with van der Waals surface area (Å²) in [4.78, 5) is 0. The Morgan fingerprint density at radius 2 is 1.89 bits per heavy atom. The van der Waals surface area contributed by atoms with Crippen LogP contribution in [-0.4, -0.2) is 12.6 Å². The standard InChI is InChI=1S/C17H25N/c1-3-9-18-17(14-10-12(14)2)16-11-15(16)13-7-5-4-6-8-13/h4-8,12,14-18H,3,9-11H2,1-2H3. The van der Waals surface area contributed by atoms with Gasteiger partial charge in [0.15, 0.2) is 0 Å². The zero-order chi connectivity index (χ0) is 12.5. The van der Waals surface area contributed by atoms with Crippen molar-refractivity contribution >= 4 is 0 Å². The summed E-state index contributed by atoms with van der Waals surface area (Å²) in [5.74, 6) is 3.63. The van der Waals surface area contributed by atoms with Crippen LogP contribution in [-0.2, 0) is 0 Å². The Morgan fingerprint density at radius 3 is 2.50 bits per heavy atom. The predicted octanol–water partition coefficient (Wildman–Crippen LogP) is 3.81. The number of hydrogen-bond acceptors (Lipinski definition) is 1. The van der Waals surface area contributed by atoms with Gasteiger partial charge in [0.05, 0.1) is 0 Å². The number of hydrogen-bond donors (Lipinski definition) is 1. The van der Waals surface area contributed by atoms with Crippen molar-refractivity contribution in [3.63, 3.8) is 0 Å². The molecule has 0 amide bonds. The van der Waals surface area contributed by atoms with E-state index >= 15 is 0 Å². The first-order chi connectivity index (χ1) is 8.81. The first-order valence-electron chi connectivity index (χ1n) is 7.59. The molecule has 1 heteroatoms. The van der Waals surface area contributed by atoms with E-state index in [1.54, 1.807) is 5.56 Å². The summed E-state index contributed by atoms with van der Waals surface area (Å²) in [6.07, 6.45) is 4.09. The normalized spacial score (nSPS) is 35.2. The molecule has 1 nitrogen and oxygen atoms in total. The molecule has 0 spiro atoms. The summed E-state index contributed by atoms with van der Waals surface area (Å²) in [5.41, 5.74) is 1.55. The van der Waals surface area contributed by atoms with Gasteiger partial charge in [-0.3, -0.25) is 0 Å². The van der Waals surface area contributed by atoms with Crippen molar-refractivity contribution in [1.82, 2.24) is 5.32 Å². The Bertz CT molecular complexity index is 386. The quantitative estimate of drug-likeness (QED) is 0.801. The Kier molecular flexibility index (Phi) is 3.43. The van der Waals surface area contributed by atoms with E-state index in [0.717, 1.165) is 29.7 Å². The lowest BCUT2D eigenvalue weighted by Crippen LogP contribution is -2.34. The maximum atomic E-state index is 3.82. The third kappa shape index (κ3) is 2.47. The smallest absolute Gasteiger partial charge is 0.0132 e. The van der Waals surface area contributed by atoms with Crippen LogP contribution in [0.25, 0.3) is 0 Å². The van der Waals surface area contributed by atoms with E-state index in [1.807, 2.05) is 0 Å². The second-order valence-corrected chi connectivity index (χ2v) is 6.27. The van der Waals surface area contributed by atoms with Crippen LogP contribution in [0, 0.1) is 17.8 Å². The van der Waals surface area contributed by atoms with E-state index in [4.69, 9.17) is 0 Å². The molecule has 2 aliphatic carbocycles. The third-order valence-corrected chi connectivity index (χ3v) is 4.79. The van der Waals surface area contributed by atoms with Gasteiger partial charge < -0.3 is 5.32 Å². The van der Waals surface area contributed by atoms with Gasteiger partial charge in [0.25, 0.3) is 0 Å². The monoisotopic (exact) mass is 243 g/mol. The number of nitrogens with one attached hydrogen (secondary N) is 1. The first-order valence-corrected chi connectivity index (χ1v) is 7.59. The molecule has 98 valence electrons. The van der Waals surface area contributed by atoms with Crippen molar-refractivity contribution in [2.45, 2.75) is 45.1 Å². The third-order valence-electron chi connectivity index (χ3n) is 4.79. The summed E-state index contributed by atoms with van der Waals surface area (Å²) in [6.45, 7) is 5.86. The minimum Gasteiger partial charge on any atom is -0.313 e. The number of rotatable bonds is 6. The molecular weight excluding hydrogens is 218 g/mol. The van der Waals surface area contributed by atoms with Gasteiger partial charge >= 0.3 is 0 Å². The van der Waals surface area contributed by atoms with Crippen LogP contribution in [0.3, 0.4) is 0 Å². The molecule has 1 aromatic rings. The molecule has 0 radical (unpaired) electrons. The first kappa shape index (κ1) is 12.2. The van der Waals surface area contributed by atoms with Crippen LogP contribution < -0.4 is 5.32 Å². The highest BCUT2D eigenvalue weighted by Crippen LogP contribution is 2.55. The van der Waals surface area contributed by atoms with Crippen molar-refractivity contribution in [2.24, 2.45) is 17.8 Å². The molecule has 0 saturated heterocycles. The average Bonchev–Trinajstić information content (AvgIpc) is 3.29. The Labute approximate surface area is 111 Å². The maximum Gasteiger partial charge on any atom is 0.0132 e. The van der Waals surface area contributed by atoms with Gasteiger partial charge in [-0.1, -0.05) is 44.2 Å². The van der Waals surface area contributed by atoms with E-state index in [1.165, 1.54) is 25.8 Å². The van der Waals surface area contributed by atoms with E-state index in [9.17, 15) is 0 Å². The minimum atomic E-state index is 0.783. The van der Waals surface area contributed by atoms with Gasteiger partial charge in [0.1, 0.15) is 0 Å². The molecule has 0 aromatic heterocycles. The van der Waals surface area contributed by atoms with Crippen LogP contribution in [0.1, 0.15) is 44.6 Å². The van der Waals surface area contributed by atoms with E-state index < -0.39 is 0 Å². The lowest BCUT2D eigenvalue weighted by atomic mass is 10.0. The average molecular weight is 243 g/mol. The summed E-state index contributed by atoms with van der Waals surface area (Å²) < 4.78 is 0. The summed E-state index contributed by atoms with van der Waals surface area (Å²) in [6, 6.07) is 11.9. The fourth-order valence-corrected chi connectivity index (χ4v) is 3.48. The molecule has 2 fully saturated rings. The van der Waals surface area contributed by atoms with Gasteiger partial charge in [-0.2, -0.15) is 0 Å². The maximum absolute atomic E-state index is 3.82. The van der Waals surface area contributed by atoms with Gasteiger partial charge in [-0.05, 0) is 55.0 Å². The molecular formula is C17H25N. The fourth-order valence-electron chi connectivity index (χ4n) is 3.48. The Morgan fingerprint density at radius 1 is 1.17 bits per heavy atom. The second kappa shape index (κ2) is 5.05. The topological polar surface area (TPSA) is 12.0 Å². The SMILES string of the molecule is CCCNC(C1CC1C)C1CC1c1ccccc1. The van der Waals surface area contributed by atoms with E-state index in [0.29, 0.717) is 0 Å².